The maximum Gasteiger partial charge on any atom is 0.237 e. The van der Waals surface area contributed by atoms with E-state index < -0.39 is 5.60 Å². The van der Waals surface area contributed by atoms with Crippen LogP contribution < -0.4 is 10.5 Å². The average molecular weight is 267 g/mol. The molecule has 19 heavy (non-hydrogen) atoms. The predicted octanol–water partition coefficient (Wildman–Crippen LogP) is 1.07. The third-order valence-corrected chi connectivity index (χ3v) is 3.52. The Kier molecular flexibility index (Phi) is 4.68. The lowest BCUT2D eigenvalue weighted by molar-refractivity contribution is -0.122. The largest absolute Gasteiger partial charge is 0.480 e. The molecule has 106 valence electrons. The first kappa shape index (κ1) is 14.2. The van der Waals surface area contributed by atoms with Gasteiger partial charge < -0.3 is 19.9 Å². The standard InChI is InChI=1S/C13H21N3O3/c1-3-19-13(4-8-18-9-5-13)11(14)10-12(17-2)16-7-6-15-10/h6-7,11H,3-5,8-9,14H2,1-2H3. The summed E-state index contributed by atoms with van der Waals surface area (Å²) in [4.78, 5) is 8.47. The van der Waals surface area contributed by atoms with Gasteiger partial charge in [0.1, 0.15) is 5.69 Å². The molecule has 1 aromatic rings. The lowest BCUT2D eigenvalue weighted by atomic mass is 9.84. The second-order valence-corrected chi connectivity index (χ2v) is 4.54. The zero-order chi connectivity index (χ0) is 13.7. The Bertz CT molecular complexity index is 402. The van der Waals surface area contributed by atoms with Crippen molar-refractivity contribution in [3.8, 4) is 5.88 Å². The van der Waals surface area contributed by atoms with Crippen LogP contribution in [-0.2, 0) is 9.47 Å². The van der Waals surface area contributed by atoms with Crippen molar-refractivity contribution in [2.45, 2.75) is 31.4 Å². The first-order chi connectivity index (χ1) is 9.23. The summed E-state index contributed by atoms with van der Waals surface area (Å²) in [6, 6.07) is -0.375. The highest BCUT2D eigenvalue weighted by molar-refractivity contribution is 5.24. The molecule has 1 unspecified atom stereocenters. The van der Waals surface area contributed by atoms with Gasteiger partial charge in [0.2, 0.25) is 5.88 Å². The lowest BCUT2D eigenvalue weighted by Gasteiger charge is -2.41. The van der Waals surface area contributed by atoms with Crippen LogP contribution in [0.2, 0.25) is 0 Å². The lowest BCUT2D eigenvalue weighted by Crippen LogP contribution is -2.48. The van der Waals surface area contributed by atoms with Gasteiger partial charge in [-0.2, -0.15) is 0 Å². The first-order valence-electron chi connectivity index (χ1n) is 6.55. The second-order valence-electron chi connectivity index (χ2n) is 4.54. The van der Waals surface area contributed by atoms with E-state index in [-0.39, 0.29) is 6.04 Å². The van der Waals surface area contributed by atoms with Crippen LogP contribution in [0.1, 0.15) is 31.5 Å². The summed E-state index contributed by atoms with van der Waals surface area (Å²) in [6.45, 7) is 3.88. The van der Waals surface area contributed by atoms with E-state index >= 15 is 0 Å². The molecule has 0 amide bonds. The molecule has 2 heterocycles. The number of hydrogen-bond donors (Lipinski definition) is 1. The fraction of sp³-hybridized carbons (Fsp3) is 0.692. The zero-order valence-corrected chi connectivity index (χ0v) is 11.5. The highest BCUT2D eigenvalue weighted by Crippen LogP contribution is 2.37. The number of methoxy groups -OCH3 is 1. The molecule has 0 saturated carbocycles. The van der Waals surface area contributed by atoms with Crippen LogP contribution in [0.5, 0.6) is 5.88 Å². The van der Waals surface area contributed by atoms with Crippen molar-refractivity contribution in [2.75, 3.05) is 26.9 Å². The normalized spacial score (nSPS) is 19.9. The van der Waals surface area contributed by atoms with Gasteiger partial charge in [-0.05, 0) is 6.92 Å². The van der Waals surface area contributed by atoms with E-state index in [9.17, 15) is 0 Å². The topological polar surface area (TPSA) is 79.5 Å². The van der Waals surface area contributed by atoms with Gasteiger partial charge >= 0.3 is 0 Å². The van der Waals surface area contributed by atoms with Crippen LogP contribution in [0.3, 0.4) is 0 Å². The molecule has 0 radical (unpaired) electrons. The SMILES string of the molecule is CCOC1(C(N)c2nccnc2OC)CCOCC1. The summed E-state index contributed by atoms with van der Waals surface area (Å²) in [6.07, 6.45) is 4.71. The van der Waals surface area contributed by atoms with E-state index in [4.69, 9.17) is 19.9 Å². The quantitative estimate of drug-likeness (QED) is 0.859. The molecule has 6 heteroatoms. The molecule has 1 saturated heterocycles. The third-order valence-electron chi connectivity index (χ3n) is 3.52. The summed E-state index contributed by atoms with van der Waals surface area (Å²) < 4.78 is 16.6. The van der Waals surface area contributed by atoms with Crippen LogP contribution in [-0.4, -0.2) is 42.5 Å². The minimum atomic E-state index is -0.448. The summed E-state index contributed by atoms with van der Waals surface area (Å²) in [7, 11) is 1.57. The maximum absolute atomic E-state index is 6.40. The highest BCUT2D eigenvalue weighted by atomic mass is 16.5. The fourth-order valence-corrected chi connectivity index (χ4v) is 2.51. The van der Waals surface area contributed by atoms with Gasteiger partial charge in [-0.3, -0.25) is 4.98 Å². The van der Waals surface area contributed by atoms with Crippen molar-refractivity contribution in [1.29, 1.82) is 0 Å². The van der Waals surface area contributed by atoms with E-state index in [0.29, 0.717) is 31.4 Å². The molecule has 0 aromatic carbocycles. The van der Waals surface area contributed by atoms with Crippen LogP contribution in [0.15, 0.2) is 12.4 Å². The van der Waals surface area contributed by atoms with Crippen molar-refractivity contribution < 1.29 is 14.2 Å². The Labute approximate surface area is 113 Å². The van der Waals surface area contributed by atoms with Gasteiger partial charge in [0.05, 0.1) is 18.8 Å². The first-order valence-corrected chi connectivity index (χ1v) is 6.55. The van der Waals surface area contributed by atoms with Crippen LogP contribution in [0.25, 0.3) is 0 Å². The number of rotatable bonds is 5. The van der Waals surface area contributed by atoms with Gasteiger partial charge in [-0.1, -0.05) is 0 Å². The molecule has 0 aliphatic carbocycles. The van der Waals surface area contributed by atoms with Crippen molar-refractivity contribution in [1.82, 2.24) is 9.97 Å². The molecular formula is C13H21N3O3. The Hall–Kier alpha value is -1.24. The fourth-order valence-electron chi connectivity index (χ4n) is 2.51. The summed E-state index contributed by atoms with van der Waals surface area (Å²) in [5, 5.41) is 0. The van der Waals surface area contributed by atoms with Gasteiger partial charge in [-0.25, -0.2) is 4.98 Å². The maximum atomic E-state index is 6.40. The highest BCUT2D eigenvalue weighted by Gasteiger charge is 2.42. The van der Waals surface area contributed by atoms with Crippen LogP contribution in [0.4, 0.5) is 0 Å². The van der Waals surface area contributed by atoms with E-state index in [1.165, 1.54) is 0 Å². The van der Waals surface area contributed by atoms with E-state index in [0.717, 1.165) is 12.8 Å². The monoisotopic (exact) mass is 267 g/mol. The number of nitrogens with two attached hydrogens (primary N) is 1. The minimum Gasteiger partial charge on any atom is -0.480 e. The average Bonchev–Trinajstić information content (AvgIpc) is 2.47. The molecule has 1 fully saturated rings. The smallest absolute Gasteiger partial charge is 0.237 e. The molecule has 0 bridgehead atoms. The molecular weight excluding hydrogens is 246 g/mol. The van der Waals surface area contributed by atoms with E-state index in [1.54, 1.807) is 19.5 Å². The van der Waals surface area contributed by atoms with E-state index in [2.05, 4.69) is 9.97 Å². The van der Waals surface area contributed by atoms with Gasteiger partial charge in [-0.15, -0.1) is 0 Å². The summed E-state index contributed by atoms with van der Waals surface area (Å²) in [5.41, 5.74) is 6.60. The molecule has 6 nitrogen and oxygen atoms in total. The van der Waals surface area contributed by atoms with Crippen LogP contribution in [0, 0.1) is 0 Å². The molecule has 1 aliphatic rings. The second kappa shape index (κ2) is 6.27. The Morgan fingerprint density at radius 2 is 2.05 bits per heavy atom. The number of nitrogens with zero attached hydrogens (tertiary/aromatic N) is 2. The van der Waals surface area contributed by atoms with Crippen LogP contribution >= 0.6 is 0 Å². The number of ether oxygens (including phenoxy) is 3. The Morgan fingerprint density at radius 3 is 2.68 bits per heavy atom. The van der Waals surface area contributed by atoms with Gasteiger partial charge in [0.25, 0.3) is 0 Å². The zero-order valence-electron chi connectivity index (χ0n) is 11.5. The Morgan fingerprint density at radius 1 is 1.37 bits per heavy atom. The van der Waals surface area contributed by atoms with E-state index in [1.807, 2.05) is 6.92 Å². The van der Waals surface area contributed by atoms with Crippen molar-refractivity contribution in [2.24, 2.45) is 5.73 Å². The van der Waals surface area contributed by atoms with Crippen molar-refractivity contribution >= 4 is 0 Å². The minimum absolute atomic E-state index is 0.375. The number of aromatic nitrogens is 2. The van der Waals surface area contributed by atoms with Gasteiger partial charge in [0.15, 0.2) is 0 Å². The molecule has 0 spiro atoms. The molecule has 1 aliphatic heterocycles. The van der Waals surface area contributed by atoms with Gasteiger partial charge in [0, 0.05) is 45.1 Å². The molecule has 2 N–H and O–H groups in total. The van der Waals surface area contributed by atoms with Crippen molar-refractivity contribution in [3.63, 3.8) is 0 Å². The number of hydrogen-bond acceptors (Lipinski definition) is 6. The Balaban J connectivity index is 2.30. The predicted molar refractivity (Wildman–Crippen MR) is 69.9 cm³/mol. The molecule has 2 rings (SSSR count). The van der Waals surface area contributed by atoms with Crippen molar-refractivity contribution in [3.05, 3.63) is 18.1 Å². The molecule has 1 atom stereocenters. The summed E-state index contributed by atoms with van der Waals surface area (Å²) in [5.74, 6) is 0.459. The molecule has 1 aromatic heterocycles. The third kappa shape index (κ3) is 2.86. The summed E-state index contributed by atoms with van der Waals surface area (Å²) >= 11 is 0.